The SMILES string of the molecule is CC[C@@H](C)NC(=O)[C@H]1CN(S(=O)(=O)CC)c2ccccc2O1. The maximum atomic E-state index is 12.3. The number of nitrogens with one attached hydrogen (secondary N) is 1. The maximum Gasteiger partial charge on any atom is 0.263 e. The van der Waals surface area contributed by atoms with Gasteiger partial charge < -0.3 is 10.1 Å². The molecule has 6 nitrogen and oxygen atoms in total. The molecule has 22 heavy (non-hydrogen) atoms. The van der Waals surface area contributed by atoms with Crippen LogP contribution in [0.2, 0.25) is 0 Å². The van der Waals surface area contributed by atoms with Gasteiger partial charge in [0.2, 0.25) is 10.0 Å². The van der Waals surface area contributed by atoms with Crippen LogP contribution in [0.15, 0.2) is 24.3 Å². The summed E-state index contributed by atoms with van der Waals surface area (Å²) in [4.78, 5) is 12.3. The molecular formula is C15H22N2O4S. The molecule has 1 aromatic rings. The summed E-state index contributed by atoms with van der Waals surface area (Å²) in [6, 6.07) is 6.89. The van der Waals surface area contributed by atoms with Crippen molar-refractivity contribution in [3.63, 3.8) is 0 Å². The molecule has 0 saturated carbocycles. The molecule has 7 heteroatoms. The molecule has 0 fully saturated rings. The van der Waals surface area contributed by atoms with Crippen LogP contribution < -0.4 is 14.4 Å². The smallest absolute Gasteiger partial charge is 0.263 e. The Morgan fingerprint density at radius 3 is 2.73 bits per heavy atom. The normalized spacial score (nSPS) is 19.0. The van der Waals surface area contributed by atoms with E-state index >= 15 is 0 Å². The lowest BCUT2D eigenvalue weighted by Crippen LogP contribution is -2.52. The zero-order valence-corrected chi connectivity index (χ0v) is 13.9. The number of amides is 1. The second kappa shape index (κ2) is 6.56. The van der Waals surface area contributed by atoms with Gasteiger partial charge in [-0.1, -0.05) is 19.1 Å². The van der Waals surface area contributed by atoms with E-state index in [0.717, 1.165) is 6.42 Å². The van der Waals surface area contributed by atoms with E-state index in [1.165, 1.54) is 4.31 Å². The number of hydrogen-bond donors (Lipinski definition) is 1. The van der Waals surface area contributed by atoms with Crippen LogP contribution in [-0.2, 0) is 14.8 Å². The van der Waals surface area contributed by atoms with Gasteiger partial charge in [0.15, 0.2) is 6.10 Å². The van der Waals surface area contributed by atoms with Crippen LogP contribution in [0.25, 0.3) is 0 Å². The van der Waals surface area contributed by atoms with Crippen molar-refractivity contribution in [2.45, 2.75) is 39.3 Å². The first-order valence-corrected chi connectivity index (χ1v) is 9.06. The molecule has 0 unspecified atom stereocenters. The van der Waals surface area contributed by atoms with Gasteiger partial charge in [0, 0.05) is 6.04 Å². The number of carbonyl (C=O) groups is 1. The monoisotopic (exact) mass is 326 g/mol. The van der Waals surface area contributed by atoms with Crippen molar-refractivity contribution in [2.24, 2.45) is 0 Å². The number of ether oxygens (including phenoxy) is 1. The lowest BCUT2D eigenvalue weighted by Gasteiger charge is -2.34. The molecule has 2 atom stereocenters. The van der Waals surface area contributed by atoms with Crippen molar-refractivity contribution in [3.05, 3.63) is 24.3 Å². The van der Waals surface area contributed by atoms with Gasteiger partial charge in [0.25, 0.3) is 5.91 Å². The summed E-state index contributed by atoms with van der Waals surface area (Å²) < 4.78 is 31.6. The van der Waals surface area contributed by atoms with Gasteiger partial charge in [-0.25, -0.2) is 8.42 Å². The third-order valence-corrected chi connectivity index (χ3v) is 5.48. The first-order valence-electron chi connectivity index (χ1n) is 7.45. The predicted octanol–water partition coefficient (Wildman–Crippen LogP) is 1.52. The Morgan fingerprint density at radius 1 is 1.41 bits per heavy atom. The maximum absolute atomic E-state index is 12.3. The van der Waals surface area contributed by atoms with Gasteiger partial charge in [-0.3, -0.25) is 9.10 Å². The van der Waals surface area contributed by atoms with Gasteiger partial charge >= 0.3 is 0 Å². The number of nitrogens with zero attached hydrogens (tertiary/aromatic N) is 1. The fraction of sp³-hybridized carbons (Fsp3) is 0.533. The highest BCUT2D eigenvalue weighted by Crippen LogP contribution is 2.35. The van der Waals surface area contributed by atoms with E-state index in [0.29, 0.717) is 11.4 Å². The first kappa shape index (κ1) is 16.6. The number of fused-ring (bicyclic) bond motifs is 1. The summed E-state index contributed by atoms with van der Waals surface area (Å²) >= 11 is 0. The number of hydrogen-bond acceptors (Lipinski definition) is 4. The quantitative estimate of drug-likeness (QED) is 0.890. The van der Waals surface area contributed by atoms with Crippen molar-refractivity contribution in [3.8, 4) is 5.75 Å². The Labute approximate surface area is 131 Å². The number of carbonyl (C=O) groups excluding carboxylic acids is 1. The van der Waals surface area contributed by atoms with Crippen molar-refractivity contribution in [1.29, 1.82) is 0 Å². The molecule has 0 radical (unpaired) electrons. The summed E-state index contributed by atoms with van der Waals surface area (Å²) in [5, 5.41) is 2.83. The highest BCUT2D eigenvalue weighted by atomic mass is 32.2. The summed E-state index contributed by atoms with van der Waals surface area (Å²) in [6.45, 7) is 5.45. The van der Waals surface area contributed by atoms with Crippen LogP contribution in [0.1, 0.15) is 27.2 Å². The average molecular weight is 326 g/mol. The third-order valence-electron chi connectivity index (χ3n) is 3.73. The van der Waals surface area contributed by atoms with E-state index in [4.69, 9.17) is 4.74 Å². The van der Waals surface area contributed by atoms with Crippen LogP contribution in [0.4, 0.5) is 5.69 Å². The van der Waals surface area contributed by atoms with Crippen molar-refractivity contribution in [2.75, 3.05) is 16.6 Å². The topological polar surface area (TPSA) is 75.7 Å². The van der Waals surface area contributed by atoms with Gasteiger partial charge in [0.1, 0.15) is 5.75 Å². The zero-order valence-electron chi connectivity index (χ0n) is 13.1. The van der Waals surface area contributed by atoms with E-state index < -0.39 is 16.1 Å². The molecule has 1 aromatic carbocycles. The van der Waals surface area contributed by atoms with Crippen LogP contribution in [0.5, 0.6) is 5.75 Å². The Hall–Kier alpha value is -1.76. The summed E-state index contributed by atoms with van der Waals surface area (Å²) in [6.07, 6.45) is -0.0447. The lowest BCUT2D eigenvalue weighted by molar-refractivity contribution is -0.128. The molecule has 1 heterocycles. The zero-order chi connectivity index (χ0) is 16.3. The van der Waals surface area contributed by atoms with E-state index in [-0.39, 0.29) is 24.2 Å². The number of para-hydroxylation sites is 2. The minimum absolute atomic E-state index is 0.00451. The van der Waals surface area contributed by atoms with Crippen LogP contribution in [0.3, 0.4) is 0 Å². The van der Waals surface area contributed by atoms with Crippen LogP contribution >= 0.6 is 0 Å². The molecule has 0 spiro atoms. The van der Waals surface area contributed by atoms with E-state index in [9.17, 15) is 13.2 Å². The minimum atomic E-state index is -3.46. The van der Waals surface area contributed by atoms with Gasteiger partial charge in [0.05, 0.1) is 18.0 Å². The molecule has 1 amide bonds. The summed E-state index contributed by atoms with van der Waals surface area (Å²) in [7, 11) is -3.46. The molecule has 2 rings (SSSR count). The Kier molecular flexibility index (Phi) is 4.95. The fourth-order valence-electron chi connectivity index (χ4n) is 2.20. The van der Waals surface area contributed by atoms with Gasteiger partial charge in [-0.05, 0) is 32.4 Å². The Balaban J connectivity index is 2.31. The molecule has 0 saturated heterocycles. The first-order chi connectivity index (χ1) is 10.4. The van der Waals surface area contributed by atoms with Gasteiger partial charge in [-0.2, -0.15) is 0 Å². The van der Waals surface area contributed by atoms with Gasteiger partial charge in [-0.15, -0.1) is 0 Å². The molecule has 0 aromatic heterocycles. The largest absolute Gasteiger partial charge is 0.476 e. The highest BCUT2D eigenvalue weighted by Gasteiger charge is 2.36. The molecule has 1 N–H and O–H groups in total. The Bertz CT molecular complexity index is 645. The number of sulfonamides is 1. The molecule has 0 aliphatic carbocycles. The standard InChI is InChI=1S/C15H22N2O4S/c1-4-11(3)16-15(18)14-10-17(22(19,20)5-2)12-8-6-7-9-13(12)21-14/h6-9,11,14H,4-5,10H2,1-3H3,(H,16,18)/t11-,14-/m1/s1. The number of anilines is 1. The van der Waals surface area contributed by atoms with E-state index in [1.807, 2.05) is 13.8 Å². The second-order valence-electron chi connectivity index (χ2n) is 5.32. The lowest BCUT2D eigenvalue weighted by atomic mass is 10.2. The molecule has 122 valence electrons. The predicted molar refractivity (Wildman–Crippen MR) is 85.6 cm³/mol. The average Bonchev–Trinajstić information content (AvgIpc) is 2.53. The Morgan fingerprint density at radius 2 is 2.09 bits per heavy atom. The van der Waals surface area contributed by atoms with E-state index in [2.05, 4.69) is 5.32 Å². The van der Waals surface area contributed by atoms with Crippen molar-refractivity contribution in [1.82, 2.24) is 5.32 Å². The summed E-state index contributed by atoms with van der Waals surface area (Å²) in [5.41, 5.74) is 0.483. The highest BCUT2D eigenvalue weighted by molar-refractivity contribution is 7.92. The van der Waals surface area contributed by atoms with Crippen molar-refractivity contribution < 1.29 is 17.9 Å². The number of benzene rings is 1. The van der Waals surface area contributed by atoms with Crippen molar-refractivity contribution >= 4 is 21.6 Å². The molecular weight excluding hydrogens is 304 g/mol. The molecule has 1 aliphatic rings. The van der Waals surface area contributed by atoms with Crippen LogP contribution in [0, 0.1) is 0 Å². The van der Waals surface area contributed by atoms with Crippen LogP contribution in [-0.4, -0.2) is 38.8 Å². The molecule has 0 bridgehead atoms. The third kappa shape index (κ3) is 3.35. The fourth-order valence-corrected chi connectivity index (χ4v) is 3.32. The number of rotatable bonds is 5. The summed E-state index contributed by atoms with van der Waals surface area (Å²) in [5.74, 6) is 0.0938. The minimum Gasteiger partial charge on any atom is -0.476 e. The molecule has 1 aliphatic heterocycles. The van der Waals surface area contributed by atoms with E-state index in [1.54, 1.807) is 31.2 Å². The second-order valence-corrected chi connectivity index (χ2v) is 7.51.